The Bertz CT molecular complexity index is 433. The summed E-state index contributed by atoms with van der Waals surface area (Å²) in [5.74, 6) is 0.333. The monoisotopic (exact) mass is 278 g/mol. The molecule has 2 atom stereocenters. The minimum atomic E-state index is -0.147. The number of halogens is 1. The SMILES string of the molecule is CCCN1CCCCC(CN)C1c1ccc(F)cc1C. The number of nitrogens with zero attached hydrogens (tertiary/aromatic N) is 1. The van der Waals surface area contributed by atoms with Crippen molar-refractivity contribution in [2.24, 2.45) is 11.7 Å². The number of likely N-dealkylation sites (tertiary alicyclic amines) is 1. The fourth-order valence-electron chi connectivity index (χ4n) is 3.52. The first-order valence-corrected chi connectivity index (χ1v) is 7.87. The van der Waals surface area contributed by atoms with Crippen LogP contribution in [0.3, 0.4) is 0 Å². The highest BCUT2D eigenvalue weighted by atomic mass is 19.1. The quantitative estimate of drug-likeness (QED) is 0.911. The normalized spacial score (nSPS) is 24.6. The molecule has 112 valence electrons. The Hall–Kier alpha value is -0.930. The second kappa shape index (κ2) is 7.19. The van der Waals surface area contributed by atoms with Crippen LogP contribution in [-0.4, -0.2) is 24.5 Å². The van der Waals surface area contributed by atoms with Gasteiger partial charge in [-0.15, -0.1) is 0 Å². The van der Waals surface area contributed by atoms with Gasteiger partial charge in [0.15, 0.2) is 0 Å². The summed E-state index contributed by atoms with van der Waals surface area (Å²) in [7, 11) is 0. The summed E-state index contributed by atoms with van der Waals surface area (Å²) in [5.41, 5.74) is 8.35. The predicted octanol–water partition coefficient (Wildman–Crippen LogP) is 3.65. The van der Waals surface area contributed by atoms with Gasteiger partial charge in [-0.3, -0.25) is 4.90 Å². The summed E-state index contributed by atoms with van der Waals surface area (Å²) in [6, 6.07) is 5.55. The molecule has 2 N–H and O–H groups in total. The molecule has 0 saturated carbocycles. The van der Waals surface area contributed by atoms with E-state index in [9.17, 15) is 4.39 Å². The van der Waals surface area contributed by atoms with Gasteiger partial charge >= 0.3 is 0 Å². The molecule has 2 rings (SSSR count). The van der Waals surface area contributed by atoms with Crippen molar-refractivity contribution in [1.29, 1.82) is 0 Å². The van der Waals surface area contributed by atoms with E-state index >= 15 is 0 Å². The van der Waals surface area contributed by atoms with Crippen LogP contribution in [0.5, 0.6) is 0 Å². The lowest BCUT2D eigenvalue weighted by Gasteiger charge is -2.36. The number of benzene rings is 1. The highest BCUT2D eigenvalue weighted by Gasteiger charge is 2.30. The van der Waals surface area contributed by atoms with Crippen molar-refractivity contribution in [2.75, 3.05) is 19.6 Å². The molecule has 1 saturated heterocycles. The van der Waals surface area contributed by atoms with Crippen molar-refractivity contribution < 1.29 is 4.39 Å². The van der Waals surface area contributed by atoms with Gasteiger partial charge in [0.2, 0.25) is 0 Å². The molecule has 1 aromatic carbocycles. The number of nitrogens with two attached hydrogens (primary N) is 1. The van der Waals surface area contributed by atoms with Gasteiger partial charge in [0.1, 0.15) is 5.82 Å². The molecule has 0 aromatic heterocycles. The van der Waals surface area contributed by atoms with Crippen molar-refractivity contribution in [1.82, 2.24) is 4.90 Å². The summed E-state index contributed by atoms with van der Waals surface area (Å²) >= 11 is 0. The minimum Gasteiger partial charge on any atom is -0.330 e. The van der Waals surface area contributed by atoms with Crippen LogP contribution in [0.4, 0.5) is 4.39 Å². The van der Waals surface area contributed by atoms with E-state index in [2.05, 4.69) is 11.8 Å². The molecule has 0 aliphatic carbocycles. The number of hydrogen-bond acceptors (Lipinski definition) is 2. The zero-order chi connectivity index (χ0) is 14.5. The molecule has 0 bridgehead atoms. The molecule has 1 aromatic rings. The zero-order valence-corrected chi connectivity index (χ0v) is 12.7. The smallest absolute Gasteiger partial charge is 0.123 e. The molecule has 20 heavy (non-hydrogen) atoms. The molecule has 0 amide bonds. The Kier molecular flexibility index (Phi) is 5.55. The van der Waals surface area contributed by atoms with Crippen molar-refractivity contribution in [3.8, 4) is 0 Å². The average Bonchev–Trinajstić information content (AvgIpc) is 2.62. The Morgan fingerprint density at radius 3 is 2.80 bits per heavy atom. The van der Waals surface area contributed by atoms with E-state index in [4.69, 9.17) is 5.73 Å². The maximum absolute atomic E-state index is 13.4. The second-order valence-corrected chi connectivity index (χ2v) is 5.97. The van der Waals surface area contributed by atoms with E-state index in [1.54, 1.807) is 12.1 Å². The fraction of sp³-hybridized carbons (Fsp3) is 0.647. The van der Waals surface area contributed by atoms with Crippen LogP contribution in [0.1, 0.15) is 49.8 Å². The second-order valence-electron chi connectivity index (χ2n) is 5.97. The van der Waals surface area contributed by atoms with Crippen molar-refractivity contribution >= 4 is 0 Å². The first kappa shape index (κ1) is 15.5. The highest BCUT2D eigenvalue weighted by Crippen LogP contribution is 2.36. The lowest BCUT2D eigenvalue weighted by molar-refractivity contribution is 0.158. The Morgan fingerprint density at radius 1 is 1.35 bits per heavy atom. The first-order valence-electron chi connectivity index (χ1n) is 7.87. The van der Waals surface area contributed by atoms with Crippen LogP contribution in [0.15, 0.2) is 18.2 Å². The van der Waals surface area contributed by atoms with Crippen molar-refractivity contribution in [3.63, 3.8) is 0 Å². The van der Waals surface area contributed by atoms with Gasteiger partial charge in [-0.05, 0) is 75.0 Å². The maximum atomic E-state index is 13.4. The molecule has 1 aliphatic rings. The van der Waals surface area contributed by atoms with Gasteiger partial charge in [-0.1, -0.05) is 19.4 Å². The van der Waals surface area contributed by atoms with Gasteiger partial charge < -0.3 is 5.73 Å². The van der Waals surface area contributed by atoms with Gasteiger partial charge in [-0.25, -0.2) is 4.39 Å². The van der Waals surface area contributed by atoms with Crippen molar-refractivity contribution in [2.45, 2.75) is 45.6 Å². The Balaban J connectivity index is 2.37. The number of rotatable bonds is 4. The van der Waals surface area contributed by atoms with Crippen LogP contribution in [0.2, 0.25) is 0 Å². The largest absolute Gasteiger partial charge is 0.330 e. The third-order valence-electron chi connectivity index (χ3n) is 4.47. The third-order valence-corrected chi connectivity index (χ3v) is 4.47. The lowest BCUT2D eigenvalue weighted by atomic mass is 9.87. The van der Waals surface area contributed by atoms with E-state index in [0.29, 0.717) is 18.5 Å². The van der Waals surface area contributed by atoms with Gasteiger partial charge in [0, 0.05) is 6.04 Å². The molecule has 1 aliphatic heterocycles. The molecular formula is C17H27FN2. The average molecular weight is 278 g/mol. The third kappa shape index (κ3) is 3.39. The first-order chi connectivity index (χ1) is 9.67. The summed E-state index contributed by atoms with van der Waals surface area (Å²) in [5, 5.41) is 0. The van der Waals surface area contributed by atoms with E-state index in [1.165, 1.54) is 24.8 Å². The van der Waals surface area contributed by atoms with E-state index in [-0.39, 0.29) is 5.82 Å². The summed E-state index contributed by atoms with van der Waals surface area (Å²) < 4.78 is 13.4. The molecule has 2 unspecified atom stereocenters. The molecule has 1 fully saturated rings. The summed E-state index contributed by atoms with van der Waals surface area (Å²) in [4.78, 5) is 2.56. The number of hydrogen-bond donors (Lipinski definition) is 1. The van der Waals surface area contributed by atoms with Crippen LogP contribution >= 0.6 is 0 Å². The van der Waals surface area contributed by atoms with E-state index in [1.807, 2.05) is 13.0 Å². The highest BCUT2D eigenvalue weighted by molar-refractivity contribution is 5.30. The summed E-state index contributed by atoms with van der Waals surface area (Å²) in [6.45, 7) is 7.17. The van der Waals surface area contributed by atoms with Crippen LogP contribution < -0.4 is 5.73 Å². The Morgan fingerprint density at radius 2 is 2.15 bits per heavy atom. The molecule has 0 spiro atoms. The Labute approximate surface area is 122 Å². The molecule has 3 heteroatoms. The standard InChI is InChI=1S/C17H27FN2/c1-3-9-20-10-5-4-6-14(12-19)17(20)16-8-7-15(18)11-13(16)2/h7-8,11,14,17H,3-6,9-10,12,19H2,1-2H3. The van der Waals surface area contributed by atoms with Gasteiger partial charge in [0.05, 0.1) is 0 Å². The van der Waals surface area contributed by atoms with Crippen LogP contribution in [0, 0.1) is 18.7 Å². The number of aryl methyl sites for hydroxylation is 1. The maximum Gasteiger partial charge on any atom is 0.123 e. The molecule has 1 heterocycles. The summed E-state index contributed by atoms with van der Waals surface area (Å²) in [6.07, 6.45) is 4.82. The topological polar surface area (TPSA) is 29.3 Å². The van der Waals surface area contributed by atoms with Crippen LogP contribution in [0.25, 0.3) is 0 Å². The van der Waals surface area contributed by atoms with E-state index < -0.39 is 0 Å². The fourth-order valence-corrected chi connectivity index (χ4v) is 3.52. The van der Waals surface area contributed by atoms with Crippen molar-refractivity contribution in [3.05, 3.63) is 35.1 Å². The molecular weight excluding hydrogens is 251 g/mol. The minimum absolute atomic E-state index is 0.147. The predicted molar refractivity (Wildman–Crippen MR) is 82.1 cm³/mol. The molecule has 2 nitrogen and oxygen atoms in total. The van der Waals surface area contributed by atoms with Crippen LogP contribution in [-0.2, 0) is 0 Å². The zero-order valence-electron chi connectivity index (χ0n) is 12.7. The lowest BCUT2D eigenvalue weighted by Crippen LogP contribution is -2.36. The van der Waals surface area contributed by atoms with Gasteiger partial charge in [0.25, 0.3) is 0 Å². The van der Waals surface area contributed by atoms with E-state index in [0.717, 1.165) is 25.1 Å². The molecule has 0 radical (unpaired) electrons. The van der Waals surface area contributed by atoms with Gasteiger partial charge in [-0.2, -0.15) is 0 Å².